The fraction of sp³-hybridized carbons (Fsp3) is 0.455. The fourth-order valence-electron chi connectivity index (χ4n) is 12.9. The van der Waals surface area contributed by atoms with Crippen molar-refractivity contribution in [1.29, 1.82) is 0 Å². The molecule has 0 fully saturated rings. The van der Waals surface area contributed by atoms with E-state index >= 15 is 0 Å². The smallest absolute Gasteiger partial charge is 0.0129 e. The molecule has 0 saturated carbocycles. The molecule has 0 spiro atoms. The predicted molar refractivity (Wildman–Crippen MR) is 450 cm³/mol. The minimum absolute atomic E-state index is 0.241. The molecule has 0 N–H and O–H groups in total. The highest BCUT2D eigenvalue weighted by molar-refractivity contribution is 5.49. The molecule has 540 valence electrons. The van der Waals surface area contributed by atoms with E-state index in [1.807, 2.05) is 0 Å². The molecule has 0 amide bonds. The molecule has 9 rings (SSSR count). The Kier molecular flexibility index (Phi) is 37.9. The van der Waals surface area contributed by atoms with Gasteiger partial charge in [0.1, 0.15) is 0 Å². The van der Waals surface area contributed by atoms with Gasteiger partial charge in [0.2, 0.25) is 0 Å². The Hall–Kier alpha value is -7.02. The highest BCUT2D eigenvalue weighted by Crippen LogP contribution is 2.34. The highest BCUT2D eigenvalue weighted by atomic mass is 14.3. The second-order valence-corrected chi connectivity index (χ2v) is 31.6. The molecule has 0 aromatic heterocycles. The van der Waals surface area contributed by atoms with Crippen molar-refractivity contribution < 1.29 is 0 Å². The van der Waals surface area contributed by atoms with Crippen LogP contribution in [-0.4, -0.2) is 0 Å². The van der Waals surface area contributed by atoms with Gasteiger partial charge in [-0.15, -0.1) is 0 Å². The quantitative estimate of drug-likeness (QED) is 0.165. The van der Waals surface area contributed by atoms with E-state index in [0.717, 1.165) is 12.8 Å². The average molecular weight is 1330 g/mol. The zero-order valence-corrected chi connectivity index (χ0v) is 71.2. The molecule has 0 aliphatic rings. The second kappa shape index (κ2) is 41.7. The molecule has 99 heavy (non-hydrogen) atoms. The Bertz CT molecular complexity index is 3610. The second-order valence-electron chi connectivity index (χ2n) is 31.6. The Morgan fingerprint density at radius 3 is 0.727 bits per heavy atom. The molecule has 9 aromatic rings. The van der Waals surface area contributed by atoms with Crippen LogP contribution >= 0.6 is 0 Å². The summed E-state index contributed by atoms with van der Waals surface area (Å²) in [6.07, 6.45) is 2.30. The molecule has 0 aliphatic heterocycles. The molecule has 0 unspecified atom stereocenters. The van der Waals surface area contributed by atoms with Crippen molar-refractivity contribution >= 4 is 0 Å². The van der Waals surface area contributed by atoms with Crippen LogP contribution in [-0.2, 0) is 23.7 Å². The van der Waals surface area contributed by atoms with Crippen molar-refractivity contribution in [3.63, 3.8) is 0 Å². The van der Waals surface area contributed by atoms with Gasteiger partial charge in [-0.25, -0.2) is 0 Å². The lowest BCUT2D eigenvalue weighted by Gasteiger charge is -2.28. The van der Waals surface area contributed by atoms with Crippen LogP contribution in [0.2, 0.25) is 0 Å². The molecule has 9 aromatic carbocycles. The zero-order valence-electron chi connectivity index (χ0n) is 71.2. The average Bonchev–Trinajstić information content (AvgIpc) is 0.805. The lowest BCUT2D eigenvalue weighted by molar-refractivity contribution is 0.561. The van der Waals surface area contributed by atoms with Gasteiger partial charge >= 0.3 is 0 Å². The number of hydrogen-bond acceptors (Lipinski definition) is 0. The van der Waals surface area contributed by atoms with Crippen LogP contribution in [0.1, 0.15) is 279 Å². The van der Waals surface area contributed by atoms with E-state index in [1.54, 1.807) is 0 Å². The van der Waals surface area contributed by atoms with E-state index in [0.29, 0.717) is 11.8 Å². The lowest BCUT2D eigenvalue weighted by Crippen LogP contribution is -2.19. The van der Waals surface area contributed by atoms with Crippen LogP contribution in [0.5, 0.6) is 0 Å². The first-order valence-corrected chi connectivity index (χ1v) is 37.2. The third-order valence-electron chi connectivity index (χ3n) is 21.3. The Balaban J connectivity index is 0.000000560. The van der Waals surface area contributed by atoms with Crippen molar-refractivity contribution in [2.24, 2.45) is 0 Å². The van der Waals surface area contributed by atoms with E-state index in [9.17, 15) is 0 Å². The van der Waals surface area contributed by atoms with Gasteiger partial charge in [0.25, 0.3) is 0 Å². The minimum atomic E-state index is 0.241. The van der Waals surface area contributed by atoms with Crippen LogP contribution in [0.15, 0.2) is 127 Å². The summed E-state index contributed by atoms with van der Waals surface area (Å²) in [6.45, 7) is 86.0. The SMILES string of the molecule is CCc1cccc(CC)c1C.Cc1c(C(C)(C)C)cccc1C(C)(C)C.Cc1c(C(C)C)cccc1C(C)C.Cc1c(C)c(C)c(C)c(C)c1C.Cc1cc(C)c(C)c(C)c1.Cc1cc(C)c(C)c(C)c1C.Cc1cc(C)c(C)c(C)c1C.Cc1ccc(C)cc1.Cc1cccc(C)c1. The van der Waals surface area contributed by atoms with Crippen molar-refractivity contribution in [1.82, 2.24) is 0 Å². The molecule has 0 saturated heterocycles. The first-order valence-electron chi connectivity index (χ1n) is 37.2. The minimum Gasteiger partial charge on any atom is -0.0617 e. The van der Waals surface area contributed by atoms with Crippen molar-refractivity contribution in [3.05, 3.63) is 311 Å². The topological polar surface area (TPSA) is 0 Å². The van der Waals surface area contributed by atoms with Crippen LogP contribution in [0.3, 0.4) is 0 Å². The van der Waals surface area contributed by atoms with Gasteiger partial charge in [-0.1, -0.05) is 238 Å². The summed E-state index contributed by atoms with van der Waals surface area (Å²) in [5.74, 6) is 1.28. The van der Waals surface area contributed by atoms with Gasteiger partial charge in [-0.3, -0.25) is 0 Å². The lowest BCUT2D eigenvalue weighted by atomic mass is 9.77. The molecule has 0 nitrogen and oxygen atoms in total. The maximum absolute atomic E-state index is 2.28. The van der Waals surface area contributed by atoms with Gasteiger partial charge < -0.3 is 0 Å². The molecule has 0 atom stereocenters. The molecule has 0 heterocycles. The maximum Gasteiger partial charge on any atom is -0.0129 e. The van der Waals surface area contributed by atoms with Crippen LogP contribution in [0.25, 0.3) is 0 Å². The Labute approximate surface area is 612 Å². The first-order chi connectivity index (χ1) is 45.7. The summed E-state index contributed by atoms with van der Waals surface area (Å²) < 4.78 is 0. The summed E-state index contributed by atoms with van der Waals surface area (Å²) in [6, 6.07) is 45.9. The maximum atomic E-state index is 2.28. The monoisotopic (exact) mass is 1330 g/mol. The molecule has 0 bridgehead atoms. The van der Waals surface area contributed by atoms with Crippen molar-refractivity contribution in [2.75, 3.05) is 0 Å². The van der Waals surface area contributed by atoms with Crippen molar-refractivity contribution in [3.8, 4) is 0 Å². The largest absolute Gasteiger partial charge is 0.0617 e. The Morgan fingerprint density at radius 2 is 0.475 bits per heavy atom. The Morgan fingerprint density at radius 1 is 0.222 bits per heavy atom. The summed E-state index contributed by atoms with van der Waals surface area (Å²) in [5, 5.41) is 0. The number of benzene rings is 9. The molecular formula is C99H144. The van der Waals surface area contributed by atoms with Crippen molar-refractivity contribution in [2.45, 2.75) is 306 Å². The summed E-state index contributed by atoms with van der Waals surface area (Å²) >= 11 is 0. The van der Waals surface area contributed by atoms with Gasteiger partial charge in [0.15, 0.2) is 0 Å². The predicted octanol–water partition coefficient (Wildman–Crippen LogP) is 29.5. The standard InChI is InChI=1S/C15H24.C13H20.C12H18.3C11H16.C10H14.2C8H10/c1-11-12(14(2,3)4)9-8-10-13(11)15(5,6)7;1-9(2)12-7-6-8-13(10(3)4)11(12)5;1-7-8(2)10(4)12(6)11(5)9(7)3;2*1-7-6-8(2)10(4)11(5)9(7)3;1-4-10-7-6-8-11(5-2)9(10)3;1-7-5-8(2)10(4)9(3)6-7;1-7-3-5-8(2)6-4-7;1-7-4-3-5-8(2)6-7/h8-10H,1-7H3;6-10H,1-5H3;1-6H3;2*6H,1-5H3;6-8H,4-5H2,1-3H3;5-6H,1-4H3;2*3-6H,1-2H3. The molecule has 0 heteroatoms. The van der Waals surface area contributed by atoms with Gasteiger partial charge in [0, 0.05) is 0 Å². The van der Waals surface area contributed by atoms with E-state index in [1.165, 1.54) is 184 Å². The van der Waals surface area contributed by atoms with E-state index < -0.39 is 0 Å². The molecule has 0 aliphatic carbocycles. The third kappa shape index (κ3) is 28.5. The van der Waals surface area contributed by atoms with E-state index in [-0.39, 0.29) is 10.8 Å². The summed E-state index contributed by atoms with van der Waals surface area (Å²) in [4.78, 5) is 0. The molecule has 0 radical (unpaired) electrons. The number of rotatable bonds is 4. The normalized spacial score (nSPS) is 10.6. The van der Waals surface area contributed by atoms with Crippen LogP contribution < -0.4 is 0 Å². The van der Waals surface area contributed by atoms with Gasteiger partial charge in [-0.05, 0) is 378 Å². The third-order valence-corrected chi connectivity index (χ3v) is 21.3. The summed E-state index contributed by atoms with van der Waals surface area (Å²) in [7, 11) is 0. The molecular weight excluding hydrogens is 1190 g/mol. The van der Waals surface area contributed by atoms with Crippen LogP contribution in [0, 0.1) is 187 Å². The van der Waals surface area contributed by atoms with Gasteiger partial charge in [0.05, 0.1) is 0 Å². The summed E-state index contributed by atoms with van der Waals surface area (Å²) in [5.41, 5.74) is 47.7. The van der Waals surface area contributed by atoms with Crippen LogP contribution in [0.4, 0.5) is 0 Å². The first kappa shape index (κ1) is 90.0. The zero-order chi connectivity index (χ0) is 76.5. The highest BCUT2D eigenvalue weighted by Gasteiger charge is 2.23. The van der Waals surface area contributed by atoms with E-state index in [2.05, 4.69) is 397 Å². The van der Waals surface area contributed by atoms with E-state index in [4.69, 9.17) is 0 Å². The number of hydrogen-bond donors (Lipinski definition) is 0. The fourth-order valence-corrected chi connectivity index (χ4v) is 12.9. The number of aryl methyl sites for hydroxylation is 13. The van der Waals surface area contributed by atoms with Gasteiger partial charge in [-0.2, -0.15) is 0 Å².